The standard InChI is InChI=1S/C16H18F2N2O/c1-10(2)21-13-5-3-4-11(8-13)16(20-19)14-7-6-12(17)9-15(14)18/h3-10,16,20H,19H2,1-2H3. The number of ether oxygens (including phenoxy) is 1. The summed E-state index contributed by atoms with van der Waals surface area (Å²) in [7, 11) is 0. The molecule has 0 saturated carbocycles. The third kappa shape index (κ3) is 3.77. The van der Waals surface area contributed by atoms with Crippen molar-refractivity contribution < 1.29 is 13.5 Å². The summed E-state index contributed by atoms with van der Waals surface area (Å²) in [5.41, 5.74) is 3.57. The number of nitrogens with one attached hydrogen (secondary N) is 1. The van der Waals surface area contributed by atoms with E-state index in [-0.39, 0.29) is 11.7 Å². The molecule has 0 aliphatic rings. The van der Waals surface area contributed by atoms with E-state index in [0.717, 1.165) is 11.6 Å². The second-order valence-corrected chi connectivity index (χ2v) is 5.00. The maximum absolute atomic E-state index is 13.9. The summed E-state index contributed by atoms with van der Waals surface area (Å²) in [5, 5.41) is 0. The molecule has 2 aromatic carbocycles. The highest BCUT2D eigenvalue weighted by atomic mass is 19.1. The molecule has 2 rings (SSSR count). The topological polar surface area (TPSA) is 47.3 Å². The summed E-state index contributed by atoms with van der Waals surface area (Å²) in [6.45, 7) is 3.84. The molecular weight excluding hydrogens is 274 g/mol. The first-order chi connectivity index (χ1) is 10.0. The van der Waals surface area contributed by atoms with Crippen molar-refractivity contribution in [1.82, 2.24) is 5.43 Å². The molecule has 0 aromatic heterocycles. The Morgan fingerprint density at radius 2 is 1.86 bits per heavy atom. The summed E-state index contributed by atoms with van der Waals surface area (Å²) >= 11 is 0. The van der Waals surface area contributed by atoms with Gasteiger partial charge in [0.1, 0.15) is 17.4 Å². The largest absolute Gasteiger partial charge is 0.491 e. The molecule has 0 saturated heterocycles. The van der Waals surface area contributed by atoms with Gasteiger partial charge in [-0.25, -0.2) is 14.2 Å². The molecule has 0 radical (unpaired) electrons. The SMILES string of the molecule is CC(C)Oc1cccc(C(NN)c2ccc(F)cc2F)c1. The van der Waals surface area contributed by atoms with E-state index in [1.165, 1.54) is 12.1 Å². The van der Waals surface area contributed by atoms with Crippen molar-refractivity contribution in [3.05, 3.63) is 65.2 Å². The maximum Gasteiger partial charge on any atom is 0.131 e. The Kier molecular flexibility index (Phi) is 4.88. The number of benzene rings is 2. The predicted octanol–water partition coefficient (Wildman–Crippen LogP) is 3.30. The average molecular weight is 292 g/mol. The summed E-state index contributed by atoms with van der Waals surface area (Å²) in [5.74, 6) is 4.95. The molecule has 0 amide bonds. The van der Waals surface area contributed by atoms with Crippen molar-refractivity contribution in [2.24, 2.45) is 5.84 Å². The van der Waals surface area contributed by atoms with E-state index < -0.39 is 17.7 Å². The van der Waals surface area contributed by atoms with Gasteiger partial charge in [-0.2, -0.15) is 0 Å². The molecule has 2 aromatic rings. The van der Waals surface area contributed by atoms with Gasteiger partial charge in [-0.15, -0.1) is 0 Å². The van der Waals surface area contributed by atoms with Crippen LogP contribution in [0.1, 0.15) is 31.0 Å². The van der Waals surface area contributed by atoms with E-state index in [1.54, 1.807) is 18.2 Å². The van der Waals surface area contributed by atoms with Gasteiger partial charge in [0.2, 0.25) is 0 Å². The van der Waals surface area contributed by atoms with Crippen LogP contribution in [0.25, 0.3) is 0 Å². The van der Waals surface area contributed by atoms with Crippen molar-refractivity contribution in [3.8, 4) is 5.75 Å². The number of nitrogens with two attached hydrogens (primary N) is 1. The normalized spacial score (nSPS) is 12.5. The van der Waals surface area contributed by atoms with Crippen LogP contribution < -0.4 is 16.0 Å². The van der Waals surface area contributed by atoms with Gasteiger partial charge in [0.05, 0.1) is 12.1 Å². The lowest BCUT2D eigenvalue weighted by atomic mass is 9.98. The fourth-order valence-electron chi connectivity index (χ4n) is 2.14. The average Bonchev–Trinajstić information content (AvgIpc) is 2.41. The van der Waals surface area contributed by atoms with Gasteiger partial charge in [-0.1, -0.05) is 18.2 Å². The van der Waals surface area contributed by atoms with Gasteiger partial charge in [0.15, 0.2) is 0 Å². The van der Waals surface area contributed by atoms with Crippen LogP contribution in [0.4, 0.5) is 8.78 Å². The lowest BCUT2D eigenvalue weighted by molar-refractivity contribution is 0.242. The molecule has 0 heterocycles. The molecule has 1 unspecified atom stereocenters. The van der Waals surface area contributed by atoms with Crippen molar-refractivity contribution in [2.75, 3.05) is 0 Å². The number of halogens is 2. The Bertz CT molecular complexity index is 617. The van der Waals surface area contributed by atoms with Crippen LogP contribution in [0.5, 0.6) is 5.75 Å². The Balaban J connectivity index is 2.37. The van der Waals surface area contributed by atoms with Crippen molar-refractivity contribution in [3.63, 3.8) is 0 Å². The van der Waals surface area contributed by atoms with Crippen LogP contribution in [-0.2, 0) is 0 Å². The van der Waals surface area contributed by atoms with Gasteiger partial charge in [0.25, 0.3) is 0 Å². The van der Waals surface area contributed by atoms with Gasteiger partial charge < -0.3 is 4.74 Å². The third-order valence-electron chi connectivity index (χ3n) is 3.00. The van der Waals surface area contributed by atoms with Gasteiger partial charge >= 0.3 is 0 Å². The Morgan fingerprint density at radius 3 is 2.48 bits per heavy atom. The summed E-state index contributed by atoms with van der Waals surface area (Å²) in [6.07, 6.45) is 0.0343. The molecule has 0 aliphatic carbocycles. The summed E-state index contributed by atoms with van der Waals surface area (Å²) in [6, 6.07) is 10.1. The first kappa shape index (κ1) is 15.4. The molecule has 3 nitrogen and oxygen atoms in total. The van der Waals surface area contributed by atoms with E-state index >= 15 is 0 Å². The Labute approximate surface area is 122 Å². The zero-order valence-corrected chi connectivity index (χ0v) is 11.9. The van der Waals surface area contributed by atoms with Crippen molar-refractivity contribution in [2.45, 2.75) is 26.0 Å². The molecule has 3 N–H and O–H groups in total. The van der Waals surface area contributed by atoms with Crippen LogP contribution in [0.2, 0.25) is 0 Å². The predicted molar refractivity (Wildman–Crippen MR) is 77.7 cm³/mol. The number of hydrazine groups is 1. The molecule has 112 valence electrons. The minimum atomic E-state index is -0.645. The minimum absolute atomic E-state index is 0.0343. The van der Waals surface area contributed by atoms with E-state index in [9.17, 15) is 8.78 Å². The monoisotopic (exact) mass is 292 g/mol. The van der Waals surface area contributed by atoms with Crippen LogP contribution in [0.3, 0.4) is 0 Å². The molecular formula is C16H18F2N2O. The lowest BCUT2D eigenvalue weighted by Gasteiger charge is -2.19. The molecule has 0 fully saturated rings. The van der Waals surface area contributed by atoms with Crippen molar-refractivity contribution >= 4 is 0 Å². The molecule has 1 atom stereocenters. The molecule has 5 heteroatoms. The van der Waals surface area contributed by atoms with Crippen LogP contribution in [-0.4, -0.2) is 6.10 Å². The van der Waals surface area contributed by atoms with Crippen LogP contribution in [0, 0.1) is 11.6 Å². The first-order valence-electron chi connectivity index (χ1n) is 6.69. The van der Waals surface area contributed by atoms with Crippen LogP contribution >= 0.6 is 0 Å². The van der Waals surface area contributed by atoms with Crippen LogP contribution in [0.15, 0.2) is 42.5 Å². The Hall–Kier alpha value is -1.98. The first-order valence-corrected chi connectivity index (χ1v) is 6.69. The molecule has 0 aliphatic heterocycles. The second kappa shape index (κ2) is 6.65. The van der Waals surface area contributed by atoms with Crippen molar-refractivity contribution in [1.29, 1.82) is 0 Å². The second-order valence-electron chi connectivity index (χ2n) is 5.00. The van der Waals surface area contributed by atoms with E-state index in [4.69, 9.17) is 10.6 Å². The molecule has 0 bridgehead atoms. The smallest absolute Gasteiger partial charge is 0.131 e. The van der Waals surface area contributed by atoms with E-state index in [1.807, 2.05) is 19.9 Å². The maximum atomic E-state index is 13.9. The fraction of sp³-hybridized carbons (Fsp3) is 0.250. The number of rotatable bonds is 5. The molecule has 21 heavy (non-hydrogen) atoms. The van der Waals surface area contributed by atoms with Gasteiger partial charge in [0, 0.05) is 11.6 Å². The highest BCUT2D eigenvalue weighted by Crippen LogP contribution is 2.27. The van der Waals surface area contributed by atoms with E-state index in [2.05, 4.69) is 5.43 Å². The molecule has 0 spiro atoms. The quantitative estimate of drug-likeness (QED) is 0.656. The zero-order valence-electron chi connectivity index (χ0n) is 11.9. The van der Waals surface area contributed by atoms with E-state index in [0.29, 0.717) is 5.75 Å². The lowest BCUT2D eigenvalue weighted by Crippen LogP contribution is -2.29. The van der Waals surface area contributed by atoms with Gasteiger partial charge in [-0.3, -0.25) is 5.84 Å². The highest BCUT2D eigenvalue weighted by molar-refractivity contribution is 5.37. The number of hydrogen-bond acceptors (Lipinski definition) is 3. The van der Waals surface area contributed by atoms with Gasteiger partial charge in [-0.05, 0) is 37.6 Å². The zero-order chi connectivity index (χ0) is 15.4. The fourth-order valence-corrected chi connectivity index (χ4v) is 2.14. The Morgan fingerprint density at radius 1 is 1.10 bits per heavy atom. The summed E-state index contributed by atoms with van der Waals surface area (Å²) < 4.78 is 32.5. The minimum Gasteiger partial charge on any atom is -0.491 e. The number of hydrogen-bond donors (Lipinski definition) is 2. The summed E-state index contributed by atoms with van der Waals surface area (Å²) in [4.78, 5) is 0. The highest BCUT2D eigenvalue weighted by Gasteiger charge is 2.17. The third-order valence-corrected chi connectivity index (χ3v) is 3.00.